The molecule has 0 aliphatic heterocycles. The average molecular weight is 234 g/mol. The summed E-state index contributed by atoms with van der Waals surface area (Å²) in [6.07, 6.45) is 0. The Morgan fingerprint density at radius 2 is 1.65 bits per heavy atom. The Morgan fingerprint density at radius 3 is 2.29 bits per heavy atom. The van der Waals surface area contributed by atoms with Gasteiger partial charge in [-0.05, 0) is 41.5 Å². The van der Waals surface area contributed by atoms with E-state index in [1.807, 2.05) is 0 Å². The molecule has 2 rings (SSSR count). The van der Waals surface area contributed by atoms with Gasteiger partial charge in [0, 0.05) is 0 Å². The summed E-state index contributed by atoms with van der Waals surface area (Å²) in [7, 11) is 0. The summed E-state index contributed by atoms with van der Waals surface area (Å²) in [5.74, 6) is -2.34. The number of halogens is 2. The lowest BCUT2D eigenvalue weighted by molar-refractivity contribution is 0.0696. The highest BCUT2D eigenvalue weighted by atomic mass is 19.1. The first-order chi connectivity index (χ1) is 8.06. The lowest BCUT2D eigenvalue weighted by Crippen LogP contribution is -1.97. The normalized spacial score (nSPS) is 10.2. The van der Waals surface area contributed by atoms with Gasteiger partial charge in [-0.3, -0.25) is 0 Å². The van der Waals surface area contributed by atoms with Crippen molar-refractivity contribution in [3.63, 3.8) is 0 Å². The number of carboxylic acids is 1. The van der Waals surface area contributed by atoms with Gasteiger partial charge in [0.1, 0.15) is 11.6 Å². The maximum atomic E-state index is 13.2. The highest BCUT2D eigenvalue weighted by Crippen LogP contribution is 2.22. The largest absolute Gasteiger partial charge is 0.478 e. The minimum atomic E-state index is -1.22. The Kier molecular flexibility index (Phi) is 2.87. The smallest absolute Gasteiger partial charge is 0.335 e. The van der Waals surface area contributed by atoms with Gasteiger partial charge in [0.2, 0.25) is 0 Å². The summed E-state index contributed by atoms with van der Waals surface area (Å²) < 4.78 is 26.2. The van der Waals surface area contributed by atoms with E-state index in [2.05, 4.69) is 0 Å². The third-order valence-electron chi connectivity index (χ3n) is 2.30. The summed E-state index contributed by atoms with van der Waals surface area (Å²) in [6, 6.07) is 8.95. The topological polar surface area (TPSA) is 37.3 Å². The number of hydrogen-bond acceptors (Lipinski definition) is 1. The van der Waals surface area contributed by atoms with Gasteiger partial charge in [-0.15, -0.1) is 0 Å². The van der Waals surface area contributed by atoms with Gasteiger partial charge < -0.3 is 5.11 Å². The molecular formula is C13H8F2O2. The molecule has 0 heterocycles. The van der Waals surface area contributed by atoms with Crippen molar-refractivity contribution >= 4 is 5.97 Å². The quantitative estimate of drug-likeness (QED) is 0.865. The molecule has 0 unspecified atom stereocenters. The third kappa shape index (κ3) is 2.47. The fourth-order valence-electron chi connectivity index (χ4n) is 1.55. The van der Waals surface area contributed by atoms with E-state index in [9.17, 15) is 13.6 Å². The predicted octanol–water partition coefficient (Wildman–Crippen LogP) is 3.33. The number of aromatic carboxylic acids is 1. The fraction of sp³-hybridized carbons (Fsp3) is 0. The zero-order valence-corrected chi connectivity index (χ0v) is 8.65. The Labute approximate surface area is 96.1 Å². The first-order valence-electron chi connectivity index (χ1n) is 4.86. The van der Waals surface area contributed by atoms with Crippen LogP contribution in [0.4, 0.5) is 8.78 Å². The first-order valence-corrected chi connectivity index (χ1v) is 4.86. The van der Waals surface area contributed by atoms with Crippen LogP contribution in [0.1, 0.15) is 10.4 Å². The van der Waals surface area contributed by atoms with Crippen molar-refractivity contribution in [2.45, 2.75) is 0 Å². The molecule has 0 aliphatic rings. The standard InChI is InChI=1S/C13H8F2O2/c14-11-3-1-2-8(5-11)9-4-10(13(16)17)7-12(15)6-9/h1-7H,(H,16,17). The number of hydrogen-bond donors (Lipinski definition) is 1. The summed E-state index contributed by atoms with van der Waals surface area (Å²) in [5, 5.41) is 8.79. The molecule has 0 atom stereocenters. The van der Waals surface area contributed by atoms with E-state index in [-0.39, 0.29) is 5.56 Å². The molecule has 0 saturated carbocycles. The molecule has 0 saturated heterocycles. The van der Waals surface area contributed by atoms with Gasteiger partial charge in [-0.25, -0.2) is 13.6 Å². The molecular weight excluding hydrogens is 226 g/mol. The van der Waals surface area contributed by atoms with E-state index >= 15 is 0 Å². The van der Waals surface area contributed by atoms with Crippen LogP contribution in [0.3, 0.4) is 0 Å². The van der Waals surface area contributed by atoms with Crippen LogP contribution in [0, 0.1) is 11.6 Å². The zero-order valence-electron chi connectivity index (χ0n) is 8.65. The predicted molar refractivity (Wildman–Crippen MR) is 58.8 cm³/mol. The molecule has 0 aromatic heterocycles. The van der Waals surface area contributed by atoms with Crippen molar-refractivity contribution in [2.75, 3.05) is 0 Å². The van der Waals surface area contributed by atoms with Crippen molar-refractivity contribution < 1.29 is 18.7 Å². The second-order valence-corrected chi connectivity index (χ2v) is 3.54. The molecule has 86 valence electrons. The lowest BCUT2D eigenvalue weighted by Gasteiger charge is -2.04. The highest BCUT2D eigenvalue weighted by molar-refractivity contribution is 5.89. The van der Waals surface area contributed by atoms with Crippen molar-refractivity contribution in [1.29, 1.82) is 0 Å². The maximum Gasteiger partial charge on any atom is 0.335 e. The minimum absolute atomic E-state index is 0.163. The van der Waals surface area contributed by atoms with Gasteiger partial charge in [0.05, 0.1) is 5.56 Å². The Bertz CT molecular complexity index is 579. The van der Waals surface area contributed by atoms with E-state index < -0.39 is 17.6 Å². The molecule has 4 heteroatoms. The fourth-order valence-corrected chi connectivity index (χ4v) is 1.55. The van der Waals surface area contributed by atoms with E-state index in [0.717, 1.165) is 6.07 Å². The number of rotatable bonds is 2. The van der Waals surface area contributed by atoms with Crippen molar-refractivity contribution in [1.82, 2.24) is 0 Å². The Morgan fingerprint density at radius 1 is 0.941 bits per heavy atom. The molecule has 0 bridgehead atoms. The van der Waals surface area contributed by atoms with Gasteiger partial charge in [-0.1, -0.05) is 12.1 Å². The first kappa shape index (κ1) is 11.3. The SMILES string of the molecule is O=C(O)c1cc(F)cc(-c2cccc(F)c2)c1. The zero-order chi connectivity index (χ0) is 12.4. The lowest BCUT2D eigenvalue weighted by atomic mass is 10.0. The second kappa shape index (κ2) is 4.33. The van der Waals surface area contributed by atoms with Crippen molar-refractivity contribution in [2.24, 2.45) is 0 Å². The molecule has 0 spiro atoms. The third-order valence-corrected chi connectivity index (χ3v) is 2.30. The van der Waals surface area contributed by atoms with Crippen LogP contribution in [0.5, 0.6) is 0 Å². The number of benzene rings is 2. The number of carboxylic acid groups (broad SMARTS) is 1. The summed E-state index contributed by atoms with van der Waals surface area (Å²) in [4.78, 5) is 10.8. The van der Waals surface area contributed by atoms with Crippen molar-refractivity contribution in [3.8, 4) is 11.1 Å². The second-order valence-electron chi connectivity index (χ2n) is 3.54. The van der Waals surface area contributed by atoms with Gasteiger partial charge >= 0.3 is 5.97 Å². The van der Waals surface area contributed by atoms with Gasteiger partial charge in [0.25, 0.3) is 0 Å². The molecule has 1 N–H and O–H groups in total. The van der Waals surface area contributed by atoms with E-state index in [1.54, 1.807) is 6.07 Å². The molecule has 2 aromatic rings. The van der Waals surface area contributed by atoms with E-state index in [4.69, 9.17) is 5.11 Å². The highest BCUT2D eigenvalue weighted by Gasteiger charge is 2.08. The van der Waals surface area contributed by atoms with Crippen LogP contribution >= 0.6 is 0 Å². The average Bonchev–Trinajstić information content (AvgIpc) is 2.28. The Balaban J connectivity index is 2.56. The molecule has 0 fully saturated rings. The monoisotopic (exact) mass is 234 g/mol. The van der Waals surface area contributed by atoms with Gasteiger partial charge in [0.15, 0.2) is 0 Å². The van der Waals surface area contributed by atoms with Crippen LogP contribution in [-0.4, -0.2) is 11.1 Å². The molecule has 0 aliphatic carbocycles. The van der Waals surface area contributed by atoms with Crippen LogP contribution in [0.2, 0.25) is 0 Å². The van der Waals surface area contributed by atoms with Crippen LogP contribution in [0.15, 0.2) is 42.5 Å². The maximum absolute atomic E-state index is 13.2. The summed E-state index contributed by atoms with van der Waals surface area (Å²) in [5.41, 5.74) is 0.609. The molecule has 2 aromatic carbocycles. The molecule has 17 heavy (non-hydrogen) atoms. The van der Waals surface area contributed by atoms with Crippen LogP contribution in [0.25, 0.3) is 11.1 Å². The summed E-state index contributed by atoms with van der Waals surface area (Å²) in [6.45, 7) is 0. The van der Waals surface area contributed by atoms with E-state index in [0.29, 0.717) is 11.1 Å². The summed E-state index contributed by atoms with van der Waals surface area (Å²) >= 11 is 0. The minimum Gasteiger partial charge on any atom is -0.478 e. The van der Waals surface area contributed by atoms with E-state index in [1.165, 1.54) is 30.3 Å². The van der Waals surface area contributed by atoms with Crippen molar-refractivity contribution in [3.05, 3.63) is 59.7 Å². The molecule has 0 radical (unpaired) electrons. The van der Waals surface area contributed by atoms with Crippen LogP contribution < -0.4 is 0 Å². The van der Waals surface area contributed by atoms with Gasteiger partial charge in [-0.2, -0.15) is 0 Å². The molecule has 2 nitrogen and oxygen atoms in total. The Hall–Kier alpha value is -2.23. The number of carbonyl (C=O) groups is 1. The molecule has 0 amide bonds. The van der Waals surface area contributed by atoms with Crippen LogP contribution in [-0.2, 0) is 0 Å².